The molecule has 0 aliphatic carbocycles. The Morgan fingerprint density at radius 1 is 1.04 bits per heavy atom. The van der Waals surface area contributed by atoms with Gasteiger partial charge in [-0.15, -0.1) is 0 Å². The van der Waals surface area contributed by atoms with Gasteiger partial charge in [0, 0.05) is 29.0 Å². The van der Waals surface area contributed by atoms with Crippen LogP contribution in [-0.4, -0.2) is 38.4 Å². The molecule has 1 aromatic heterocycles. The van der Waals surface area contributed by atoms with Crippen molar-refractivity contribution in [2.45, 2.75) is 38.5 Å². The smallest absolute Gasteiger partial charge is 0.339 e. The number of nitrogens with one attached hydrogen (secondary N) is 2. The van der Waals surface area contributed by atoms with Crippen molar-refractivity contribution in [2.24, 2.45) is 0 Å². The quantitative estimate of drug-likeness (QED) is 0.233. The van der Waals surface area contributed by atoms with E-state index in [4.69, 9.17) is 5.10 Å². The molecule has 0 radical (unpaired) electrons. The number of aromatic nitrogens is 2. The van der Waals surface area contributed by atoms with E-state index in [0.29, 0.717) is 28.3 Å². The number of allylic oxidation sites excluding steroid dienone is 1. The monoisotopic (exact) mass is 639 g/mol. The van der Waals surface area contributed by atoms with Crippen LogP contribution in [0.15, 0.2) is 90.3 Å². The number of carbonyl (C=O) groups is 2. The first-order valence-corrected chi connectivity index (χ1v) is 15.2. The molecular formula is C32H29F4N5O3S. The van der Waals surface area contributed by atoms with E-state index in [1.54, 1.807) is 48.9 Å². The normalized spacial score (nSPS) is 17.4. The number of anilines is 1. The molecule has 8 nitrogen and oxygen atoms in total. The summed E-state index contributed by atoms with van der Waals surface area (Å²) in [5, 5.41) is 8.95. The molecule has 3 atom stereocenters. The fraction of sp³-hybridized carbons (Fsp3) is 0.219. The predicted molar refractivity (Wildman–Crippen MR) is 162 cm³/mol. The Hall–Kier alpha value is -4.62. The highest BCUT2D eigenvalue weighted by Crippen LogP contribution is 2.43. The van der Waals surface area contributed by atoms with Crippen molar-refractivity contribution >= 4 is 28.6 Å². The van der Waals surface area contributed by atoms with Crippen molar-refractivity contribution in [3.63, 3.8) is 0 Å². The molecule has 2 N–H and O–H groups in total. The first-order chi connectivity index (χ1) is 21.5. The summed E-state index contributed by atoms with van der Waals surface area (Å²) in [6.45, 7) is 3.62. The molecule has 3 aromatic carbocycles. The van der Waals surface area contributed by atoms with Gasteiger partial charge in [0.25, 0.3) is 11.8 Å². The third-order valence-corrected chi connectivity index (χ3v) is 8.28. The predicted octanol–water partition coefficient (Wildman–Crippen LogP) is 5.61. The minimum Gasteiger partial charge on any atom is -0.339 e. The Labute approximate surface area is 259 Å². The lowest BCUT2D eigenvalue weighted by Gasteiger charge is -2.38. The molecule has 0 fully saturated rings. The van der Waals surface area contributed by atoms with Crippen LogP contribution >= 0.6 is 0 Å². The van der Waals surface area contributed by atoms with Crippen molar-refractivity contribution in [1.82, 2.24) is 19.8 Å². The van der Waals surface area contributed by atoms with Crippen molar-refractivity contribution < 1.29 is 31.4 Å². The molecule has 2 amide bonds. The number of rotatable bonds is 9. The molecule has 45 heavy (non-hydrogen) atoms. The number of halogens is 4. The summed E-state index contributed by atoms with van der Waals surface area (Å²) in [4.78, 5) is 29.2. The molecule has 3 unspecified atom stereocenters. The van der Waals surface area contributed by atoms with Gasteiger partial charge in [-0.2, -0.15) is 18.3 Å². The Morgan fingerprint density at radius 2 is 1.76 bits per heavy atom. The molecule has 5 rings (SSSR count). The molecule has 1 aliphatic rings. The Morgan fingerprint density at radius 3 is 2.40 bits per heavy atom. The van der Waals surface area contributed by atoms with Crippen LogP contribution in [0.25, 0.3) is 5.69 Å². The van der Waals surface area contributed by atoms with Gasteiger partial charge in [-0.1, -0.05) is 42.5 Å². The maximum atomic E-state index is 14.2. The highest BCUT2D eigenvalue weighted by Gasteiger charge is 2.46. The van der Waals surface area contributed by atoms with E-state index in [0.717, 1.165) is 18.2 Å². The number of alkyl halides is 3. The van der Waals surface area contributed by atoms with E-state index >= 15 is 0 Å². The van der Waals surface area contributed by atoms with E-state index in [9.17, 15) is 31.4 Å². The average Bonchev–Trinajstić information content (AvgIpc) is 3.40. The van der Waals surface area contributed by atoms with Gasteiger partial charge in [0.2, 0.25) is 0 Å². The highest BCUT2D eigenvalue weighted by molar-refractivity contribution is 7.86. The summed E-state index contributed by atoms with van der Waals surface area (Å²) >= 11 is 0. The fourth-order valence-corrected chi connectivity index (χ4v) is 5.98. The topological polar surface area (TPSA) is 96.3 Å². The first-order valence-electron chi connectivity index (χ1n) is 14.0. The van der Waals surface area contributed by atoms with Crippen molar-refractivity contribution in [1.29, 1.82) is 0 Å². The van der Waals surface area contributed by atoms with Gasteiger partial charge in [0.1, 0.15) is 28.7 Å². The molecule has 0 saturated heterocycles. The highest BCUT2D eigenvalue weighted by atomic mass is 32.2. The first kappa shape index (κ1) is 31.8. The van der Waals surface area contributed by atoms with E-state index in [1.807, 2.05) is 6.07 Å². The second-order valence-electron chi connectivity index (χ2n) is 10.2. The number of carbonyl (C=O) groups excluding carboxylic acids is 2. The number of hydrogen-bond acceptors (Lipinski definition) is 4. The lowest BCUT2D eigenvalue weighted by molar-refractivity contribution is -0.137. The number of fused-ring (bicyclic) bond motifs is 1. The van der Waals surface area contributed by atoms with E-state index in [-0.39, 0.29) is 18.7 Å². The average molecular weight is 640 g/mol. The van der Waals surface area contributed by atoms with Crippen LogP contribution < -0.4 is 14.9 Å². The third kappa shape index (κ3) is 6.59. The van der Waals surface area contributed by atoms with E-state index in [2.05, 4.69) is 10.0 Å². The van der Waals surface area contributed by atoms with Crippen LogP contribution in [-0.2, 0) is 28.5 Å². The summed E-state index contributed by atoms with van der Waals surface area (Å²) in [7, 11) is -1.56. The second-order valence-corrected chi connectivity index (χ2v) is 11.3. The van der Waals surface area contributed by atoms with Gasteiger partial charge >= 0.3 is 6.18 Å². The molecule has 0 bridgehead atoms. The van der Waals surface area contributed by atoms with Gasteiger partial charge < -0.3 is 5.32 Å². The van der Waals surface area contributed by atoms with Gasteiger partial charge in [-0.05, 0) is 61.9 Å². The molecule has 0 saturated carbocycles. The largest absolute Gasteiger partial charge is 0.416 e. The zero-order chi connectivity index (χ0) is 32.3. The Balaban J connectivity index is 1.69. The van der Waals surface area contributed by atoms with E-state index < -0.39 is 52.3 Å². The third-order valence-electron chi connectivity index (χ3n) is 7.33. The summed E-state index contributed by atoms with van der Waals surface area (Å²) in [6.07, 6.45) is -3.05. The van der Waals surface area contributed by atoms with Gasteiger partial charge in [0.15, 0.2) is 0 Å². The number of para-hydroxylation sites is 1. The minimum atomic E-state index is -4.68. The summed E-state index contributed by atoms with van der Waals surface area (Å²) in [5.74, 6) is -2.48. The van der Waals surface area contributed by atoms with Gasteiger partial charge in [0.05, 0.1) is 23.5 Å². The van der Waals surface area contributed by atoms with Crippen LogP contribution in [0.2, 0.25) is 0 Å². The summed E-state index contributed by atoms with van der Waals surface area (Å²) in [5.41, 5.74) is 0.707. The molecule has 234 valence electrons. The lowest BCUT2D eigenvalue weighted by atomic mass is 9.80. The number of likely N-dealkylation sites (N-methyl/N-ethyl adjacent to an activating group) is 1. The number of benzene rings is 3. The zero-order valence-electron chi connectivity index (χ0n) is 24.2. The van der Waals surface area contributed by atoms with Crippen LogP contribution in [0, 0.1) is 5.82 Å². The molecule has 0 spiro atoms. The van der Waals surface area contributed by atoms with Crippen LogP contribution in [0.1, 0.15) is 52.5 Å². The van der Waals surface area contributed by atoms with E-state index in [1.165, 1.54) is 40.6 Å². The lowest BCUT2D eigenvalue weighted by Crippen LogP contribution is -2.55. The molecule has 2 heterocycles. The van der Waals surface area contributed by atoms with Crippen LogP contribution in [0.4, 0.5) is 23.4 Å². The zero-order valence-corrected chi connectivity index (χ0v) is 25.0. The fourth-order valence-electron chi connectivity index (χ4n) is 5.36. The second kappa shape index (κ2) is 13.2. The standard InChI is InChI=1S/C32H29F4N5O3S/c1-3-17-45(44)37-19-25-27-26(20-13-15-23(33)16-14-20)28(38-29(42)21-9-8-10-22(18-21)32(34,35)36)31(43)40(4-2)30(27)41(39-25)24-11-6-5-7-12-24/h3,5-18,26,28,37H,4,19H2,1-2H3,(H,38,42)/b17-3+. The molecular weight excluding hydrogens is 610 g/mol. The van der Waals surface area contributed by atoms with Gasteiger partial charge in [-0.25, -0.2) is 18.0 Å². The van der Waals surface area contributed by atoms with Gasteiger partial charge in [-0.3, -0.25) is 14.5 Å². The maximum absolute atomic E-state index is 14.2. The Kier molecular flexibility index (Phi) is 9.30. The van der Waals surface area contributed by atoms with Crippen LogP contribution in [0.5, 0.6) is 0 Å². The Bertz CT molecular complexity index is 1760. The number of nitrogens with zero attached hydrogens (tertiary/aromatic N) is 3. The number of hydrogen-bond donors (Lipinski definition) is 2. The summed E-state index contributed by atoms with van der Waals surface area (Å²) < 4.78 is 71.4. The molecule has 4 aromatic rings. The van der Waals surface area contributed by atoms with Crippen molar-refractivity contribution in [3.05, 3.63) is 124 Å². The molecule has 1 aliphatic heterocycles. The molecule has 13 heteroatoms. The SMILES string of the molecule is C/C=C/S(=O)NCc1nn(-c2ccccc2)c2c1C(c1ccc(F)cc1)C(NC(=O)c1cccc(C(F)(F)F)c1)C(=O)N2CC. The minimum absolute atomic E-state index is 0.00312. The van der Waals surface area contributed by atoms with Crippen molar-refractivity contribution in [3.8, 4) is 5.69 Å². The maximum Gasteiger partial charge on any atom is 0.416 e. The van der Waals surface area contributed by atoms with Crippen molar-refractivity contribution in [2.75, 3.05) is 11.4 Å². The number of amides is 2. The summed E-state index contributed by atoms with van der Waals surface area (Å²) in [6, 6.07) is 17.1. The van der Waals surface area contributed by atoms with Crippen LogP contribution in [0.3, 0.4) is 0 Å².